The fraction of sp³-hybridized carbons (Fsp3) is 0.684. The van der Waals surface area contributed by atoms with Crippen LogP contribution >= 0.6 is 0 Å². The van der Waals surface area contributed by atoms with Gasteiger partial charge in [-0.3, -0.25) is 4.99 Å². The summed E-state index contributed by atoms with van der Waals surface area (Å²) in [5.74, 6) is 1.52. The van der Waals surface area contributed by atoms with Crippen molar-refractivity contribution in [3.05, 3.63) is 24.2 Å². The third-order valence-electron chi connectivity index (χ3n) is 3.51. The second-order valence-electron chi connectivity index (χ2n) is 6.97. The first-order valence-electron chi connectivity index (χ1n) is 9.38. The molecule has 0 aromatic carbocycles. The molecule has 1 aromatic heterocycles. The van der Waals surface area contributed by atoms with Crippen LogP contribution in [0.3, 0.4) is 0 Å². The van der Waals surface area contributed by atoms with Gasteiger partial charge in [0.2, 0.25) is 0 Å². The number of carbonyl (C=O) groups excluding carboxylic acids is 1. The molecule has 0 spiro atoms. The van der Waals surface area contributed by atoms with Crippen LogP contribution in [0.25, 0.3) is 0 Å². The summed E-state index contributed by atoms with van der Waals surface area (Å²) in [6, 6.07) is 3.74. The Balaban J connectivity index is 2.16. The third-order valence-corrected chi connectivity index (χ3v) is 3.51. The number of amides is 1. The van der Waals surface area contributed by atoms with Crippen molar-refractivity contribution in [2.75, 3.05) is 39.8 Å². The summed E-state index contributed by atoms with van der Waals surface area (Å²) in [7, 11) is 1.72. The summed E-state index contributed by atoms with van der Waals surface area (Å²) in [6.45, 7) is 11.1. The second-order valence-corrected chi connectivity index (χ2v) is 6.97. The molecular weight excluding hydrogens is 348 g/mol. The lowest BCUT2D eigenvalue weighted by molar-refractivity contribution is 0.0264. The number of guanidine groups is 1. The van der Waals surface area contributed by atoms with Gasteiger partial charge in [0.1, 0.15) is 18.0 Å². The molecule has 0 radical (unpaired) electrons. The number of ether oxygens (including phenoxy) is 2. The molecule has 154 valence electrons. The largest absolute Gasteiger partial charge is 0.467 e. The Morgan fingerprint density at radius 2 is 2.04 bits per heavy atom. The Bertz CT molecular complexity index is 553. The number of furan rings is 1. The predicted molar refractivity (Wildman–Crippen MR) is 106 cm³/mol. The summed E-state index contributed by atoms with van der Waals surface area (Å²) < 4.78 is 16.1. The smallest absolute Gasteiger partial charge is 0.410 e. The maximum Gasteiger partial charge on any atom is 0.410 e. The van der Waals surface area contributed by atoms with E-state index in [0.717, 1.165) is 18.7 Å². The fourth-order valence-electron chi connectivity index (χ4n) is 2.18. The van der Waals surface area contributed by atoms with Crippen LogP contribution in [-0.4, -0.2) is 62.4 Å². The third kappa shape index (κ3) is 10.5. The van der Waals surface area contributed by atoms with Crippen molar-refractivity contribution in [2.45, 2.75) is 46.3 Å². The van der Waals surface area contributed by atoms with Crippen molar-refractivity contribution in [1.29, 1.82) is 0 Å². The van der Waals surface area contributed by atoms with Gasteiger partial charge in [-0.25, -0.2) is 4.79 Å². The van der Waals surface area contributed by atoms with Crippen LogP contribution in [0.2, 0.25) is 0 Å². The first-order chi connectivity index (χ1) is 12.9. The van der Waals surface area contributed by atoms with E-state index in [1.165, 1.54) is 0 Å². The highest BCUT2D eigenvalue weighted by Crippen LogP contribution is 2.09. The molecule has 0 aliphatic carbocycles. The molecule has 27 heavy (non-hydrogen) atoms. The van der Waals surface area contributed by atoms with Crippen LogP contribution in [0.4, 0.5) is 4.79 Å². The number of rotatable bonds is 10. The van der Waals surface area contributed by atoms with Gasteiger partial charge in [0.25, 0.3) is 0 Å². The van der Waals surface area contributed by atoms with E-state index in [1.54, 1.807) is 18.2 Å². The van der Waals surface area contributed by atoms with Gasteiger partial charge in [-0.05, 0) is 46.2 Å². The monoisotopic (exact) mass is 382 g/mol. The number of nitrogens with zero attached hydrogens (tertiary/aromatic N) is 2. The molecule has 0 saturated carbocycles. The van der Waals surface area contributed by atoms with Gasteiger partial charge >= 0.3 is 6.09 Å². The minimum absolute atomic E-state index is 0.302. The van der Waals surface area contributed by atoms with Crippen LogP contribution in [-0.2, 0) is 16.1 Å². The van der Waals surface area contributed by atoms with Gasteiger partial charge in [-0.2, -0.15) is 0 Å². The van der Waals surface area contributed by atoms with Crippen molar-refractivity contribution in [3.8, 4) is 0 Å². The lowest BCUT2D eigenvalue weighted by Crippen LogP contribution is -2.44. The average molecular weight is 383 g/mol. The highest BCUT2D eigenvalue weighted by atomic mass is 16.6. The molecule has 1 amide bonds. The second kappa shape index (κ2) is 12.2. The standard InChI is InChI=1S/C19H34N4O4/c1-6-23(18(24)27-19(2,3)4)12-11-22-17(20-5)21-10-8-13-25-15-16-9-7-14-26-16/h7,9,14H,6,8,10-13,15H2,1-5H3,(H2,20,21,22). The predicted octanol–water partition coefficient (Wildman–Crippen LogP) is 2.61. The van der Waals surface area contributed by atoms with Gasteiger partial charge in [0, 0.05) is 39.8 Å². The van der Waals surface area contributed by atoms with Gasteiger partial charge in [-0.15, -0.1) is 0 Å². The number of aliphatic imine (C=N–C) groups is 1. The van der Waals surface area contributed by atoms with Gasteiger partial charge in [0.05, 0.1) is 6.26 Å². The molecule has 0 saturated heterocycles. The first kappa shape index (κ1) is 22.8. The first-order valence-corrected chi connectivity index (χ1v) is 9.38. The maximum absolute atomic E-state index is 12.1. The van der Waals surface area contributed by atoms with E-state index in [-0.39, 0.29) is 6.09 Å². The summed E-state index contributed by atoms with van der Waals surface area (Å²) in [4.78, 5) is 17.9. The van der Waals surface area contributed by atoms with Gasteiger partial charge < -0.3 is 29.4 Å². The van der Waals surface area contributed by atoms with E-state index in [1.807, 2.05) is 39.8 Å². The zero-order chi connectivity index (χ0) is 20.1. The molecule has 1 heterocycles. The minimum Gasteiger partial charge on any atom is -0.467 e. The van der Waals surface area contributed by atoms with Crippen LogP contribution in [0.1, 0.15) is 39.9 Å². The highest BCUT2D eigenvalue weighted by Gasteiger charge is 2.20. The topological polar surface area (TPSA) is 88.3 Å². The Hall–Kier alpha value is -2.22. The molecule has 0 bridgehead atoms. The van der Waals surface area contributed by atoms with Crippen LogP contribution in [0, 0.1) is 0 Å². The molecule has 0 aliphatic rings. The summed E-state index contributed by atoms with van der Waals surface area (Å²) in [5.41, 5.74) is -0.492. The van der Waals surface area contributed by atoms with Crippen molar-refractivity contribution >= 4 is 12.1 Å². The normalized spacial score (nSPS) is 12.0. The Kier molecular flexibility index (Phi) is 10.3. The molecule has 0 unspecified atom stereocenters. The lowest BCUT2D eigenvalue weighted by atomic mass is 10.2. The molecule has 0 aliphatic heterocycles. The molecular formula is C19H34N4O4. The molecule has 1 aromatic rings. The molecule has 2 N–H and O–H groups in total. The van der Waals surface area contributed by atoms with Crippen molar-refractivity contribution in [2.24, 2.45) is 4.99 Å². The van der Waals surface area contributed by atoms with Gasteiger partial charge in [0.15, 0.2) is 5.96 Å². The van der Waals surface area contributed by atoms with E-state index in [0.29, 0.717) is 38.8 Å². The van der Waals surface area contributed by atoms with Crippen LogP contribution in [0.5, 0.6) is 0 Å². The Labute approximate surface area is 162 Å². The van der Waals surface area contributed by atoms with E-state index in [4.69, 9.17) is 13.9 Å². The van der Waals surface area contributed by atoms with E-state index >= 15 is 0 Å². The highest BCUT2D eigenvalue weighted by molar-refractivity contribution is 5.79. The summed E-state index contributed by atoms with van der Waals surface area (Å²) in [5, 5.41) is 6.42. The average Bonchev–Trinajstić information content (AvgIpc) is 3.11. The summed E-state index contributed by atoms with van der Waals surface area (Å²) >= 11 is 0. The maximum atomic E-state index is 12.1. The van der Waals surface area contributed by atoms with E-state index in [9.17, 15) is 4.79 Å². The fourth-order valence-corrected chi connectivity index (χ4v) is 2.18. The molecule has 0 fully saturated rings. The lowest BCUT2D eigenvalue weighted by Gasteiger charge is -2.26. The minimum atomic E-state index is -0.492. The quantitative estimate of drug-likeness (QED) is 0.367. The van der Waals surface area contributed by atoms with Crippen LogP contribution in [0.15, 0.2) is 27.8 Å². The Morgan fingerprint density at radius 1 is 1.30 bits per heavy atom. The van der Waals surface area contributed by atoms with Gasteiger partial charge in [-0.1, -0.05) is 0 Å². The van der Waals surface area contributed by atoms with Crippen molar-refractivity contribution < 1.29 is 18.7 Å². The summed E-state index contributed by atoms with van der Waals surface area (Å²) in [6.07, 6.45) is 2.18. The molecule has 8 heteroatoms. The number of carbonyl (C=O) groups is 1. The molecule has 0 atom stereocenters. The number of hydrogen-bond donors (Lipinski definition) is 2. The van der Waals surface area contributed by atoms with Crippen molar-refractivity contribution in [3.63, 3.8) is 0 Å². The van der Waals surface area contributed by atoms with Crippen molar-refractivity contribution in [1.82, 2.24) is 15.5 Å². The Morgan fingerprint density at radius 3 is 2.63 bits per heavy atom. The van der Waals surface area contributed by atoms with E-state index < -0.39 is 5.60 Å². The number of likely N-dealkylation sites (N-methyl/N-ethyl adjacent to an activating group) is 1. The van der Waals surface area contributed by atoms with Crippen LogP contribution < -0.4 is 10.6 Å². The number of nitrogens with one attached hydrogen (secondary N) is 2. The molecule has 1 rings (SSSR count). The SMILES string of the molecule is CCN(CCNC(=NC)NCCCOCc1ccco1)C(=O)OC(C)(C)C. The zero-order valence-corrected chi connectivity index (χ0v) is 17.2. The number of hydrogen-bond acceptors (Lipinski definition) is 5. The van der Waals surface area contributed by atoms with E-state index in [2.05, 4.69) is 15.6 Å². The zero-order valence-electron chi connectivity index (χ0n) is 17.2. The molecule has 8 nitrogen and oxygen atoms in total.